The molecule has 1 N–H and O–H groups in total. The molecule has 0 atom stereocenters. The van der Waals surface area contributed by atoms with Gasteiger partial charge in [-0.1, -0.05) is 13.3 Å². The number of benzene rings is 1. The lowest BCUT2D eigenvalue weighted by Crippen LogP contribution is -2.15. The van der Waals surface area contributed by atoms with Crippen molar-refractivity contribution in [3.05, 3.63) is 29.3 Å². The van der Waals surface area contributed by atoms with Gasteiger partial charge in [0, 0.05) is 12.6 Å². The van der Waals surface area contributed by atoms with E-state index in [9.17, 15) is 8.78 Å². The molecule has 18 heavy (non-hydrogen) atoms. The van der Waals surface area contributed by atoms with Gasteiger partial charge >= 0.3 is 0 Å². The average molecular weight is 271 g/mol. The third-order valence-corrected chi connectivity index (χ3v) is 4.15. The van der Waals surface area contributed by atoms with Crippen molar-refractivity contribution in [1.29, 1.82) is 0 Å². The van der Waals surface area contributed by atoms with Gasteiger partial charge in [0.05, 0.1) is 4.90 Å². The van der Waals surface area contributed by atoms with Gasteiger partial charge in [-0.3, -0.25) is 0 Å². The number of unbranched alkanes of at least 4 members (excludes halogenated alkanes) is 1. The quantitative estimate of drug-likeness (QED) is 0.591. The standard InChI is InChI=1S/C14H19F2NS/c1-2-3-6-18-14-12(15)7-10(8-13(14)16)9-17-11-4-5-11/h7-8,11,17H,2-6,9H2,1H3. The average Bonchev–Trinajstić information content (AvgIpc) is 3.14. The summed E-state index contributed by atoms with van der Waals surface area (Å²) < 4.78 is 27.6. The molecular formula is C14H19F2NS. The van der Waals surface area contributed by atoms with Gasteiger partial charge in [-0.2, -0.15) is 0 Å². The van der Waals surface area contributed by atoms with Crippen molar-refractivity contribution in [1.82, 2.24) is 5.32 Å². The van der Waals surface area contributed by atoms with E-state index in [-0.39, 0.29) is 4.90 Å². The SMILES string of the molecule is CCCCSc1c(F)cc(CNC2CC2)cc1F. The molecule has 1 aliphatic rings. The number of hydrogen-bond donors (Lipinski definition) is 1. The van der Waals surface area contributed by atoms with E-state index >= 15 is 0 Å². The van der Waals surface area contributed by atoms with Crippen LogP contribution in [-0.2, 0) is 6.54 Å². The lowest BCUT2D eigenvalue weighted by atomic mass is 10.2. The highest BCUT2D eigenvalue weighted by molar-refractivity contribution is 7.99. The van der Waals surface area contributed by atoms with Crippen LogP contribution in [0.3, 0.4) is 0 Å². The van der Waals surface area contributed by atoms with E-state index in [1.807, 2.05) is 0 Å². The van der Waals surface area contributed by atoms with Gasteiger partial charge in [0.15, 0.2) is 0 Å². The van der Waals surface area contributed by atoms with Gasteiger partial charge in [-0.25, -0.2) is 8.78 Å². The van der Waals surface area contributed by atoms with Crippen LogP contribution in [0.4, 0.5) is 8.78 Å². The summed E-state index contributed by atoms with van der Waals surface area (Å²) >= 11 is 1.27. The van der Waals surface area contributed by atoms with Crippen LogP contribution in [-0.4, -0.2) is 11.8 Å². The molecule has 0 aromatic heterocycles. The van der Waals surface area contributed by atoms with Crippen molar-refractivity contribution in [3.63, 3.8) is 0 Å². The van der Waals surface area contributed by atoms with Gasteiger partial charge in [0.25, 0.3) is 0 Å². The molecule has 0 heterocycles. The van der Waals surface area contributed by atoms with Gasteiger partial charge in [-0.05, 0) is 42.7 Å². The fourth-order valence-corrected chi connectivity index (χ4v) is 2.75. The van der Waals surface area contributed by atoms with E-state index < -0.39 is 11.6 Å². The third-order valence-electron chi connectivity index (χ3n) is 2.97. The van der Waals surface area contributed by atoms with E-state index in [1.54, 1.807) is 0 Å². The first-order chi connectivity index (χ1) is 8.70. The van der Waals surface area contributed by atoms with Gasteiger partial charge in [0.1, 0.15) is 11.6 Å². The summed E-state index contributed by atoms with van der Waals surface area (Å²) in [7, 11) is 0. The Morgan fingerprint density at radius 1 is 1.28 bits per heavy atom. The monoisotopic (exact) mass is 271 g/mol. The number of halogens is 2. The second kappa shape index (κ2) is 6.53. The van der Waals surface area contributed by atoms with Crippen LogP contribution in [0.5, 0.6) is 0 Å². The first-order valence-corrected chi connectivity index (χ1v) is 7.53. The molecule has 100 valence electrons. The minimum absolute atomic E-state index is 0.165. The normalized spacial score (nSPS) is 15.1. The molecule has 0 unspecified atom stereocenters. The molecule has 1 aromatic carbocycles. The molecule has 2 rings (SSSR count). The maximum absolute atomic E-state index is 13.8. The van der Waals surface area contributed by atoms with Crippen LogP contribution in [0, 0.1) is 11.6 Å². The summed E-state index contributed by atoms with van der Waals surface area (Å²) in [5.74, 6) is -0.0864. The Balaban J connectivity index is 1.97. The zero-order chi connectivity index (χ0) is 13.0. The molecule has 0 amide bonds. The van der Waals surface area contributed by atoms with Crippen molar-refractivity contribution in [2.75, 3.05) is 5.75 Å². The Morgan fingerprint density at radius 2 is 1.94 bits per heavy atom. The van der Waals surface area contributed by atoms with Crippen LogP contribution < -0.4 is 5.32 Å². The Morgan fingerprint density at radius 3 is 2.50 bits per heavy atom. The fourth-order valence-electron chi connectivity index (χ4n) is 1.72. The molecule has 0 aliphatic heterocycles. The van der Waals surface area contributed by atoms with E-state index in [0.717, 1.165) is 18.6 Å². The predicted molar refractivity (Wildman–Crippen MR) is 71.9 cm³/mol. The highest BCUT2D eigenvalue weighted by Crippen LogP contribution is 2.27. The number of hydrogen-bond acceptors (Lipinski definition) is 2. The lowest BCUT2D eigenvalue weighted by molar-refractivity contribution is 0.534. The smallest absolute Gasteiger partial charge is 0.140 e. The molecule has 4 heteroatoms. The van der Waals surface area contributed by atoms with Crippen molar-refractivity contribution < 1.29 is 8.78 Å². The fraction of sp³-hybridized carbons (Fsp3) is 0.571. The Labute approximate surface area is 111 Å². The van der Waals surface area contributed by atoms with E-state index in [0.29, 0.717) is 18.2 Å². The van der Waals surface area contributed by atoms with Crippen molar-refractivity contribution in [2.24, 2.45) is 0 Å². The zero-order valence-electron chi connectivity index (χ0n) is 10.6. The summed E-state index contributed by atoms with van der Waals surface area (Å²) in [6.07, 6.45) is 4.37. The molecule has 0 spiro atoms. The summed E-state index contributed by atoms with van der Waals surface area (Å²) in [4.78, 5) is 0.165. The van der Waals surface area contributed by atoms with Crippen molar-refractivity contribution in [3.8, 4) is 0 Å². The van der Waals surface area contributed by atoms with Gasteiger partial charge in [0.2, 0.25) is 0 Å². The van der Waals surface area contributed by atoms with Crippen LogP contribution in [0.15, 0.2) is 17.0 Å². The molecule has 1 aliphatic carbocycles. The Kier molecular flexibility index (Phi) is 5.01. The molecule has 0 bridgehead atoms. The maximum atomic E-state index is 13.8. The summed E-state index contributed by atoms with van der Waals surface area (Å²) in [6, 6.07) is 3.45. The minimum Gasteiger partial charge on any atom is -0.310 e. The zero-order valence-corrected chi connectivity index (χ0v) is 11.5. The first kappa shape index (κ1) is 13.8. The maximum Gasteiger partial charge on any atom is 0.140 e. The van der Waals surface area contributed by atoms with E-state index in [1.165, 1.54) is 36.7 Å². The molecule has 0 saturated heterocycles. The van der Waals surface area contributed by atoms with E-state index in [4.69, 9.17) is 0 Å². The van der Waals surface area contributed by atoms with Crippen molar-refractivity contribution >= 4 is 11.8 Å². The van der Waals surface area contributed by atoms with Crippen molar-refractivity contribution in [2.45, 2.75) is 50.1 Å². The molecule has 1 nitrogen and oxygen atoms in total. The topological polar surface area (TPSA) is 12.0 Å². The first-order valence-electron chi connectivity index (χ1n) is 6.54. The highest BCUT2D eigenvalue weighted by atomic mass is 32.2. The number of thioether (sulfide) groups is 1. The summed E-state index contributed by atoms with van der Waals surface area (Å²) in [5.41, 5.74) is 0.691. The molecule has 1 saturated carbocycles. The largest absolute Gasteiger partial charge is 0.310 e. The van der Waals surface area contributed by atoms with Crippen LogP contribution in [0.2, 0.25) is 0 Å². The predicted octanol–water partition coefficient (Wildman–Crippen LogP) is 4.11. The van der Waals surface area contributed by atoms with E-state index in [2.05, 4.69) is 12.2 Å². The second-order valence-electron chi connectivity index (χ2n) is 4.75. The van der Waals surface area contributed by atoms with Gasteiger partial charge in [-0.15, -0.1) is 11.8 Å². The van der Waals surface area contributed by atoms with Crippen LogP contribution in [0.25, 0.3) is 0 Å². The summed E-state index contributed by atoms with van der Waals surface area (Å²) in [5, 5.41) is 3.26. The highest BCUT2D eigenvalue weighted by Gasteiger charge is 2.20. The second-order valence-corrected chi connectivity index (χ2v) is 5.85. The Bertz CT molecular complexity index is 382. The minimum atomic E-state index is -0.427. The molecule has 1 aromatic rings. The van der Waals surface area contributed by atoms with Crippen LogP contribution >= 0.6 is 11.8 Å². The lowest BCUT2D eigenvalue weighted by Gasteiger charge is -2.08. The number of nitrogens with one attached hydrogen (secondary N) is 1. The van der Waals surface area contributed by atoms with Gasteiger partial charge < -0.3 is 5.32 Å². The molecular weight excluding hydrogens is 252 g/mol. The summed E-state index contributed by atoms with van der Waals surface area (Å²) in [6.45, 7) is 2.62. The third kappa shape index (κ3) is 3.95. The molecule has 1 fully saturated rings. The Hall–Kier alpha value is -0.610. The molecule has 0 radical (unpaired) electrons. The van der Waals surface area contributed by atoms with Crippen LogP contribution in [0.1, 0.15) is 38.2 Å². The number of rotatable bonds is 7.